The number of rotatable bonds is 4. The molecule has 2 heterocycles. The maximum Gasteiger partial charge on any atom is 0.253 e. The number of benzene rings is 1. The fourth-order valence-corrected chi connectivity index (χ4v) is 3.02. The van der Waals surface area contributed by atoms with Gasteiger partial charge in [-0.15, -0.1) is 11.3 Å². The summed E-state index contributed by atoms with van der Waals surface area (Å²) in [6, 6.07) is 7.79. The first kappa shape index (κ1) is 14.3. The van der Waals surface area contributed by atoms with Crippen molar-refractivity contribution < 1.29 is 9.53 Å². The summed E-state index contributed by atoms with van der Waals surface area (Å²) in [5.41, 5.74) is 1.89. The number of thiazole rings is 1. The Morgan fingerprint density at radius 2 is 2.19 bits per heavy atom. The van der Waals surface area contributed by atoms with Crippen LogP contribution in [0.4, 0.5) is 11.4 Å². The molecule has 0 aliphatic carbocycles. The summed E-state index contributed by atoms with van der Waals surface area (Å²) in [5, 5.41) is 3.30. The molecule has 1 aliphatic rings. The van der Waals surface area contributed by atoms with Gasteiger partial charge in [-0.3, -0.25) is 4.79 Å². The van der Waals surface area contributed by atoms with Gasteiger partial charge < -0.3 is 15.0 Å². The van der Waals surface area contributed by atoms with E-state index in [1.165, 1.54) is 11.3 Å². The van der Waals surface area contributed by atoms with Crippen LogP contribution in [0, 0.1) is 0 Å². The zero-order valence-corrected chi connectivity index (χ0v) is 12.8. The Balaban J connectivity index is 1.62. The summed E-state index contributed by atoms with van der Waals surface area (Å²) in [6.45, 7) is 2.02. The van der Waals surface area contributed by atoms with Crippen LogP contribution in [-0.2, 0) is 16.1 Å². The third kappa shape index (κ3) is 3.53. The molecule has 0 unspecified atom stereocenters. The monoisotopic (exact) mass is 323 g/mol. The van der Waals surface area contributed by atoms with Crippen LogP contribution in [-0.4, -0.2) is 30.6 Å². The van der Waals surface area contributed by atoms with Crippen LogP contribution in [0.3, 0.4) is 0 Å². The normalized spacial score (nSPS) is 15.3. The van der Waals surface area contributed by atoms with E-state index in [1.807, 2.05) is 24.3 Å². The lowest BCUT2D eigenvalue weighted by Crippen LogP contribution is -2.41. The molecular weight excluding hydrogens is 310 g/mol. The number of carbonyl (C=O) groups is 1. The smallest absolute Gasteiger partial charge is 0.253 e. The fraction of sp³-hybridized carbons (Fsp3) is 0.286. The number of hydrogen-bond donors (Lipinski definition) is 1. The van der Waals surface area contributed by atoms with E-state index >= 15 is 0 Å². The molecule has 0 spiro atoms. The average molecular weight is 324 g/mol. The number of aromatic nitrogens is 1. The highest BCUT2D eigenvalue weighted by molar-refractivity contribution is 7.15. The van der Waals surface area contributed by atoms with Gasteiger partial charge in [-0.1, -0.05) is 11.6 Å². The zero-order chi connectivity index (χ0) is 14.7. The van der Waals surface area contributed by atoms with Crippen LogP contribution < -0.4 is 10.2 Å². The highest BCUT2D eigenvalue weighted by Gasteiger charge is 2.19. The van der Waals surface area contributed by atoms with Crippen LogP contribution in [0.1, 0.15) is 4.88 Å². The number of nitrogens with zero attached hydrogens (tertiary/aromatic N) is 2. The molecule has 2 aromatic rings. The molecule has 1 saturated heterocycles. The van der Waals surface area contributed by atoms with Gasteiger partial charge in [-0.2, -0.15) is 0 Å². The Morgan fingerprint density at radius 3 is 2.86 bits per heavy atom. The fourth-order valence-electron chi connectivity index (χ4n) is 2.10. The van der Waals surface area contributed by atoms with Gasteiger partial charge in [-0.05, 0) is 24.3 Å². The van der Waals surface area contributed by atoms with Crippen molar-refractivity contribution in [2.24, 2.45) is 0 Å². The van der Waals surface area contributed by atoms with E-state index < -0.39 is 0 Å². The predicted octanol–water partition coefficient (Wildman–Crippen LogP) is 2.77. The number of anilines is 2. The van der Waals surface area contributed by atoms with Gasteiger partial charge in [0.25, 0.3) is 5.91 Å². The number of nitrogens with one attached hydrogen (secondary N) is 1. The molecular formula is C14H14ClN3O2S. The first-order chi connectivity index (χ1) is 10.2. The van der Waals surface area contributed by atoms with Crippen LogP contribution >= 0.6 is 22.9 Å². The van der Waals surface area contributed by atoms with E-state index in [0.29, 0.717) is 24.2 Å². The Kier molecular flexibility index (Phi) is 4.38. The molecule has 3 rings (SSSR count). The van der Waals surface area contributed by atoms with E-state index in [9.17, 15) is 4.79 Å². The molecule has 110 valence electrons. The molecule has 0 radical (unpaired) electrons. The molecule has 1 amide bonds. The molecule has 1 aromatic heterocycles. The molecule has 1 aromatic carbocycles. The highest BCUT2D eigenvalue weighted by Crippen LogP contribution is 2.22. The van der Waals surface area contributed by atoms with E-state index in [2.05, 4.69) is 10.3 Å². The van der Waals surface area contributed by atoms with Crippen molar-refractivity contribution in [3.63, 3.8) is 0 Å². The number of amides is 1. The van der Waals surface area contributed by atoms with Crippen molar-refractivity contribution in [3.8, 4) is 0 Å². The molecule has 0 saturated carbocycles. The van der Waals surface area contributed by atoms with E-state index in [4.69, 9.17) is 16.3 Å². The summed E-state index contributed by atoms with van der Waals surface area (Å²) in [5.74, 6) is 0.00117. The Hall–Kier alpha value is -1.63. The number of hydrogen-bond acceptors (Lipinski definition) is 5. The maximum atomic E-state index is 11.8. The minimum atomic E-state index is 0.00117. The van der Waals surface area contributed by atoms with Crippen molar-refractivity contribution in [1.29, 1.82) is 0 Å². The Bertz CT molecular complexity index is 629. The molecule has 21 heavy (non-hydrogen) atoms. The second-order valence-corrected chi connectivity index (χ2v) is 6.28. The lowest BCUT2D eigenvalue weighted by atomic mass is 10.2. The van der Waals surface area contributed by atoms with Gasteiger partial charge in [0.2, 0.25) is 0 Å². The molecule has 1 fully saturated rings. The van der Waals surface area contributed by atoms with Crippen molar-refractivity contribution in [3.05, 3.63) is 39.8 Å². The Labute approximate surface area is 131 Å². The average Bonchev–Trinajstić information content (AvgIpc) is 2.92. The lowest BCUT2D eigenvalue weighted by Gasteiger charge is -2.26. The summed E-state index contributed by atoms with van der Waals surface area (Å²) >= 11 is 7.25. The van der Waals surface area contributed by atoms with E-state index in [0.717, 1.165) is 16.3 Å². The minimum absolute atomic E-state index is 0.00117. The Morgan fingerprint density at radius 1 is 1.38 bits per heavy atom. The number of carbonyl (C=O) groups excluding carboxylic acids is 1. The van der Waals surface area contributed by atoms with Crippen LogP contribution in [0.15, 0.2) is 30.5 Å². The van der Waals surface area contributed by atoms with Crippen LogP contribution in [0.25, 0.3) is 0 Å². The molecule has 1 N–H and O–H groups in total. The van der Waals surface area contributed by atoms with Crippen molar-refractivity contribution in [2.45, 2.75) is 6.54 Å². The summed E-state index contributed by atoms with van der Waals surface area (Å²) < 4.78 is 5.68. The molecule has 0 bridgehead atoms. The van der Waals surface area contributed by atoms with Crippen LogP contribution in [0.5, 0.6) is 0 Å². The number of ether oxygens (including phenoxy) is 1. The van der Waals surface area contributed by atoms with Gasteiger partial charge in [0.15, 0.2) is 4.47 Å². The second kappa shape index (κ2) is 6.43. The molecule has 5 nitrogen and oxygen atoms in total. The molecule has 7 heteroatoms. The summed E-state index contributed by atoms with van der Waals surface area (Å²) in [4.78, 5) is 18.6. The predicted molar refractivity (Wildman–Crippen MR) is 84.1 cm³/mol. The van der Waals surface area contributed by atoms with Crippen molar-refractivity contribution in [1.82, 2.24) is 4.98 Å². The summed E-state index contributed by atoms with van der Waals surface area (Å²) in [6.07, 6.45) is 1.76. The lowest BCUT2D eigenvalue weighted by molar-refractivity contribution is -0.125. The van der Waals surface area contributed by atoms with Gasteiger partial charge >= 0.3 is 0 Å². The first-order valence-electron chi connectivity index (χ1n) is 6.54. The third-order valence-electron chi connectivity index (χ3n) is 3.16. The number of morpholine rings is 1. The van der Waals surface area contributed by atoms with Crippen LogP contribution in [0.2, 0.25) is 4.47 Å². The van der Waals surface area contributed by atoms with Crippen molar-refractivity contribution in [2.75, 3.05) is 30.0 Å². The minimum Gasteiger partial charge on any atom is -0.380 e. The third-order valence-corrected chi connectivity index (χ3v) is 4.27. The second-order valence-electron chi connectivity index (χ2n) is 4.58. The number of halogens is 1. The van der Waals surface area contributed by atoms with E-state index in [1.54, 1.807) is 11.1 Å². The molecule has 0 atom stereocenters. The SMILES string of the molecule is O=C1COCCN1c1ccc(NCc2cnc(Cl)s2)cc1. The molecule has 1 aliphatic heterocycles. The van der Waals surface area contributed by atoms with Gasteiger partial charge in [-0.25, -0.2) is 4.98 Å². The first-order valence-corrected chi connectivity index (χ1v) is 7.74. The quantitative estimate of drug-likeness (QED) is 0.940. The zero-order valence-electron chi connectivity index (χ0n) is 11.2. The summed E-state index contributed by atoms with van der Waals surface area (Å²) in [7, 11) is 0. The van der Waals surface area contributed by atoms with Gasteiger partial charge in [0, 0.05) is 29.0 Å². The topological polar surface area (TPSA) is 54.5 Å². The highest BCUT2D eigenvalue weighted by atomic mass is 35.5. The van der Waals surface area contributed by atoms with Crippen molar-refractivity contribution >= 4 is 40.2 Å². The van der Waals surface area contributed by atoms with Gasteiger partial charge in [0.1, 0.15) is 6.61 Å². The van der Waals surface area contributed by atoms with E-state index in [-0.39, 0.29) is 12.5 Å². The van der Waals surface area contributed by atoms with Gasteiger partial charge in [0.05, 0.1) is 13.2 Å². The maximum absolute atomic E-state index is 11.8. The largest absolute Gasteiger partial charge is 0.380 e. The standard InChI is InChI=1S/C14H14ClN3O2S/c15-14-17-8-12(21-14)7-16-10-1-3-11(4-2-10)18-5-6-20-9-13(18)19/h1-4,8,16H,5-7,9H2.